The van der Waals surface area contributed by atoms with Crippen molar-refractivity contribution in [2.24, 2.45) is 0 Å². The topological polar surface area (TPSA) is 0 Å². The van der Waals surface area contributed by atoms with Crippen molar-refractivity contribution in [1.82, 2.24) is 0 Å². The summed E-state index contributed by atoms with van der Waals surface area (Å²) in [4.78, 5) is 0. The fourth-order valence-corrected chi connectivity index (χ4v) is 1.09. The molecule has 0 saturated heterocycles. The molecule has 1 rings (SSSR count). The molecule has 54 valence electrons. The van der Waals surface area contributed by atoms with Gasteiger partial charge in [-0.25, -0.2) is 17.7 Å². The smallest absolute Gasteiger partial charge is 0 e. The summed E-state index contributed by atoms with van der Waals surface area (Å²) in [5.74, 6) is 0. The van der Waals surface area contributed by atoms with Gasteiger partial charge in [0, 0.05) is 26.2 Å². The van der Waals surface area contributed by atoms with Gasteiger partial charge >= 0.3 is 0 Å². The fraction of sp³-hybridized carbons (Fsp3) is 0.556. The molecule has 0 atom stereocenters. The van der Waals surface area contributed by atoms with Gasteiger partial charge in [0.15, 0.2) is 0 Å². The Balaban J connectivity index is 0.000000810. The molecule has 0 aromatic heterocycles. The quantitative estimate of drug-likeness (QED) is 0.618. The summed E-state index contributed by atoms with van der Waals surface area (Å²) < 4.78 is 0. The van der Waals surface area contributed by atoms with Gasteiger partial charge in [-0.2, -0.15) is 5.57 Å². The van der Waals surface area contributed by atoms with E-state index in [0.29, 0.717) is 0 Å². The normalized spacial score (nSPS) is 15.8. The van der Waals surface area contributed by atoms with Crippen LogP contribution in [0.25, 0.3) is 0 Å². The van der Waals surface area contributed by atoms with E-state index < -0.39 is 0 Å². The maximum Gasteiger partial charge on any atom is 0 e. The summed E-state index contributed by atoms with van der Waals surface area (Å²) in [6, 6.07) is 0. The van der Waals surface area contributed by atoms with E-state index in [1.54, 1.807) is 0 Å². The Hall–Kier alpha value is 0.363. The van der Waals surface area contributed by atoms with Crippen LogP contribution in [-0.2, 0) is 26.2 Å². The molecule has 1 aliphatic rings. The molecule has 0 saturated carbocycles. The van der Waals surface area contributed by atoms with Crippen LogP contribution in [-0.4, -0.2) is 0 Å². The molecule has 0 aromatic rings. The Morgan fingerprint density at radius 3 is 2.70 bits per heavy atom. The molecule has 0 amide bonds. The molecule has 0 nitrogen and oxygen atoms in total. The van der Waals surface area contributed by atoms with E-state index in [1.165, 1.54) is 24.0 Å². The van der Waals surface area contributed by atoms with Crippen LogP contribution in [0.15, 0.2) is 17.2 Å². The molecule has 0 heterocycles. The van der Waals surface area contributed by atoms with Gasteiger partial charge in [0.2, 0.25) is 0 Å². The zero-order valence-electron chi connectivity index (χ0n) is 6.70. The zero-order chi connectivity index (χ0) is 6.69. The maximum atomic E-state index is 3.33. The molecule has 0 spiro atoms. The first-order chi connectivity index (χ1) is 4.33. The summed E-state index contributed by atoms with van der Waals surface area (Å²) in [6.45, 7) is 4.34. The molecule has 0 radical (unpaired) electrons. The van der Waals surface area contributed by atoms with Crippen LogP contribution >= 0.6 is 0 Å². The van der Waals surface area contributed by atoms with Crippen molar-refractivity contribution in [3.8, 4) is 0 Å². The molecular formula is C9H13Zr-. The first-order valence-corrected chi connectivity index (χ1v) is 3.61. The standard InChI is InChI=1S/C9H13.Zr/c1-3-4-9-6-5-8(2)7-9;/h6H,3-5H2,1-2H3;/q-1;. The van der Waals surface area contributed by atoms with E-state index in [9.17, 15) is 0 Å². The third-order valence-electron chi connectivity index (χ3n) is 1.55. The average Bonchev–Trinajstić information content (AvgIpc) is 2.17. The van der Waals surface area contributed by atoms with Crippen molar-refractivity contribution in [3.63, 3.8) is 0 Å². The molecule has 10 heavy (non-hydrogen) atoms. The van der Waals surface area contributed by atoms with Crippen LogP contribution in [0.5, 0.6) is 0 Å². The van der Waals surface area contributed by atoms with Gasteiger partial charge in [0.1, 0.15) is 0 Å². The molecule has 1 heteroatoms. The van der Waals surface area contributed by atoms with Crippen LogP contribution in [0.4, 0.5) is 0 Å². The second kappa shape index (κ2) is 5.07. The minimum atomic E-state index is 0. The third kappa shape index (κ3) is 2.97. The summed E-state index contributed by atoms with van der Waals surface area (Å²) in [5.41, 5.74) is 2.80. The Kier molecular flexibility index (Phi) is 5.26. The zero-order valence-corrected chi connectivity index (χ0v) is 9.16. The second-order valence-electron chi connectivity index (χ2n) is 2.59. The Morgan fingerprint density at radius 2 is 2.30 bits per heavy atom. The summed E-state index contributed by atoms with van der Waals surface area (Å²) in [7, 11) is 0. The third-order valence-corrected chi connectivity index (χ3v) is 1.55. The van der Waals surface area contributed by atoms with Crippen LogP contribution in [0.1, 0.15) is 33.1 Å². The van der Waals surface area contributed by atoms with Gasteiger partial charge in [-0.05, 0) is 0 Å². The van der Waals surface area contributed by atoms with E-state index in [1.807, 2.05) is 0 Å². The summed E-state index contributed by atoms with van der Waals surface area (Å²) in [5, 5.41) is 0. The molecule has 0 aliphatic heterocycles. The average molecular weight is 212 g/mol. The minimum absolute atomic E-state index is 0. The molecule has 0 bridgehead atoms. The Labute approximate surface area is 82.5 Å². The van der Waals surface area contributed by atoms with Gasteiger partial charge in [-0.15, -0.1) is 0 Å². The molecular weight excluding hydrogens is 199 g/mol. The first kappa shape index (κ1) is 10.4. The molecule has 0 aromatic carbocycles. The van der Waals surface area contributed by atoms with Crippen LogP contribution in [0, 0.1) is 6.08 Å². The second-order valence-corrected chi connectivity index (χ2v) is 2.59. The maximum absolute atomic E-state index is 3.33. The van der Waals surface area contributed by atoms with Crippen molar-refractivity contribution in [3.05, 3.63) is 23.3 Å². The van der Waals surface area contributed by atoms with E-state index in [0.717, 1.165) is 6.42 Å². The van der Waals surface area contributed by atoms with E-state index in [-0.39, 0.29) is 26.2 Å². The van der Waals surface area contributed by atoms with Crippen molar-refractivity contribution in [2.45, 2.75) is 33.1 Å². The van der Waals surface area contributed by atoms with Crippen LogP contribution in [0.3, 0.4) is 0 Å². The minimum Gasteiger partial charge on any atom is -0.250 e. The largest absolute Gasteiger partial charge is 0.250 e. The van der Waals surface area contributed by atoms with Gasteiger partial charge in [-0.1, -0.05) is 33.1 Å². The van der Waals surface area contributed by atoms with Crippen molar-refractivity contribution < 1.29 is 26.2 Å². The van der Waals surface area contributed by atoms with Crippen LogP contribution < -0.4 is 0 Å². The SMILES string of the molecule is CCCC1=CCC(C)=[C-]1.[Zr]. The molecule has 0 unspecified atom stereocenters. The number of hydrogen-bond acceptors (Lipinski definition) is 0. The number of hydrogen-bond donors (Lipinski definition) is 0. The first-order valence-electron chi connectivity index (χ1n) is 3.61. The molecule has 0 fully saturated rings. The van der Waals surface area contributed by atoms with Crippen molar-refractivity contribution in [1.29, 1.82) is 0 Å². The number of allylic oxidation sites excluding steroid dienone is 4. The molecule has 0 N–H and O–H groups in total. The van der Waals surface area contributed by atoms with Crippen molar-refractivity contribution >= 4 is 0 Å². The Bertz CT molecular complexity index is 154. The predicted molar refractivity (Wildman–Crippen MR) is 40.0 cm³/mol. The van der Waals surface area contributed by atoms with Crippen molar-refractivity contribution in [2.75, 3.05) is 0 Å². The van der Waals surface area contributed by atoms with Gasteiger partial charge in [0.25, 0.3) is 0 Å². The Morgan fingerprint density at radius 1 is 1.60 bits per heavy atom. The van der Waals surface area contributed by atoms with Crippen LogP contribution in [0.2, 0.25) is 0 Å². The van der Waals surface area contributed by atoms with E-state index in [2.05, 4.69) is 26.0 Å². The van der Waals surface area contributed by atoms with Gasteiger partial charge in [-0.3, -0.25) is 0 Å². The fourth-order valence-electron chi connectivity index (χ4n) is 1.09. The summed E-state index contributed by atoms with van der Waals surface area (Å²) in [6.07, 6.45) is 9.19. The van der Waals surface area contributed by atoms with Gasteiger partial charge < -0.3 is 0 Å². The number of rotatable bonds is 2. The summed E-state index contributed by atoms with van der Waals surface area (Å²) >= 11 is 0. The van der Waals surface area contributed by atoms with Gasteiger partial charge in [0.05, 0.1) is 0 Å². The monoisotopic (exact) mass is 211 g/mol. The molecule has 1 aliphatic carbocycles. The van der Waals surface area contributed by atoms with E-state index >= 15 is 0 Å². The predicted octanol–water partition coefficient (Wildman–Crippen LogP) is 2.86. The van der Waals surface area contributed by atoms with E-state index in [4.69, 9.17) is 0 Å².